The lowest BCUT2D eigenvalue weighted by molar-refractivity contribution is 0.432. The minimum atomic E-state index is -3.10. The Kier molecular flexibility index (Phi) is 4.41. The Morgan fingerprint density at radius 2 is 2.21 bits per heavy atom. The molecule has 0 fully saturated rings. The van der Waals surface area contributed by atoms with Crippen LogP contribution in [0.15, 0.2) is 12.2 Å². The molecule has 0 saturated carbocycles. The van der Waals surface area contributed by atoms with E-state index in [1.54, 1.807) is 0 Å². The quantitative estimate of drug-likeness (QED) is 0.548. The molecule has 0 bridgehead atoms. The monoisotopic (exact) mass is 237 g/mol. The van der Waals surface area contributed by atoms with Gasteiger partial charge >= 0.3 is 0 Å². The van der Waals surface area contributed by atoms with Crippen LogP contribution in [0.5, 0.6) is 0 Å². The van der Waals surface area contributed by atoms with Crippen molar-refractivity contribution in [3.8, 4) is 0 Å². The molecule has 0 aromatic heterocycles. The summed E-state index contributed by atoms with van der Waals surface area (Å²) in [6.07, 6.45) is 4.72. The van der Waals surface area contributed by atoms with E-state index in [2.05, 4.69) is 0 Å². The van der Waals surface area contributed by atoms with Crippen LogP contribution in [0, 0.1) is 5.92 Å². The van der Waals surface area contributed by atoms with Crippen LogP contribution in [-0.4, -0.2) is 37.4 Å². The number of alkyl halides is 1. The third kappa shape index (κ3) is 3.26. The summed E-state index contributed by atoms with van der Waals surface area (Å²) in [5, 5.41) is 0. The van der Waals surface area contributed by atoms with Crippen molar-refractivity contribution in [1.82, 2.24) is 4.31 Å². The number of hydrogen-bond acceptors (Lipinski definition) is 2. The molecule has 0 N–H and O–H groups in total. The molecule has 3 nitrogen and oxygen atoms in total. The van der Waals surface area contributed by atoms with Crippen LogP contribution >= 0.6 is 11.6 Å². The molecule has 0 aromatic carbocycles. The molecular weight excluding hydrogens is 222 g/mol. The maximum Gasteiger partial charge on any atom is 0.214 e. The van der Waals surface area contributed by atoms with Gasteiger partial charge in [-0.2, -0.15) is 4.31 Å². The van der Waals surface area contributed by atoms with Gasteiger partial charge in [-0.1, -0.05) is 19.1 Å². The first-order valence-corrected chi connectivity index (χ1v) is 6.89. The van der Waals surface area contributed by atoms with Crippen molar-refractivity contribution < 1.29 is 8.42 Å². The summed E-state index contributed by atoms with van der Waals surface area (Å²) >= 11 is 5.60. The van der Waals surface area contributed by atoms with Crippen LogP contribution in [0.25, 0.3) is 0 Å². The summed E-state index contributed by atoms with van der Waals surface area (Å²) in [4.78, 5) is 0. The number of rotatable bonds is 4. The first kappa shape index (κ1) is 12.0. The lowest BCUT2D eigenvalue weighted by Gasteiger charge is -2.23. The number of sulfonamides is 1. The highest BCUT2D eigenvalue weighted by Crippen LogP contribution is 2.12. The first-order valence-electron chi connectivity index (χ1n) is 4.75. The molecule has 0 amide bonds. The molecule has 14 heavy (non-hydrogen) atoms. The average molecular weight is 238 g/mol. The Labute approximate surface area is 90.8 Å². The molecule has 0 spiro atoms. The van der Waals surface area contributed by atoms with E-state index in [1.165, 1.54) is 4.31 Å². The van der Waals surface area contributed by atoms with Crippen molar-refractivity contribution in [2.45, 2.75) is 13.3 Å². The highest BCUT2D eigenvalue weighted by molar-refractivity contribution is 7.89. The number of halogens is 1. The number of hydrogen-bond donors (Lipinski definition) is 0. The van der Waals surface area contributed by atoms with Gasteiger partial charge in [0.2, 0.25) is 10.0 Å². The SMILES string of the molecule is CC(CCl)CS(=O)(=O)N1CC=CCC1. The van der Waals surface area contributed by atoms with Crippen LogP contribution in [0.4, 0.5) is 0 Å². The van der Waals surface area contributed by atoms with Gasteiger partial charge in [-0.3, -0.25) is 0 Å². The first-order chi connectivity index (χ1) is 6.56. The molecule has 1 atom stereocenters. The van der Waals surface area contributed by atoms with Gasteiger partial charge in [0, 0.05) is 19.0 Å². The maximum atomic E-state index is 11.8. The lowest BCUT2D eigenvalue weighted by atomic mass is 10.3. The predicted octanol–water partition coefficient (Wildman–Crippen LogP) is 1.45. The highest BCUT2D eigenvalue weighted by Gasteiger charge is 2.23. The van der Waals surface area contributed by atoms with Crippen molar-refractivity contribution in [3.05, 3.63) is 12.2 Å². The molecule has 1 heterocycles. The van der Waals surface area contributed by atoms with Crippen LogP contribution in [0.3, 0.4) is 0 Å². The Hall–Kier alpha value is -0.0600. The molecule has 0 saturated heterocycles. The van der Waals surface area contributed by atoms with E-state index >= 15 is 0 Å². The van der Waals surface area contributed by atoms with Gasteiger partial charge in [0.05, 0.1) is 5.75 Å². The molecule has 0 aromatic rings. The summed E-state index contributed by atoms with van der Waals surface area (Å²) in [5.41, 5.74) is 0. The second-order valence-electron chi connectivity index (χ2n) is 3.66. The second kappa shape index (κ2) is 5.14. The van der Waals surface area contributed by atoms with Crippen LogP contribution in [-0.2, 0) is 10.0 Å². The van der Waals surface area contributed by atoms with Crippen LogP contribution in [0.1, 0.15) is 13.3 Å². The Morgan fingerprint density at radius 3 is 2.71 bits per heavy atom. The second-order valence-corrected chi connectivity index (χ2v) is 5.98. The molecule has 0 aliphatic carbocycles. The van der Waals surface area contributed by atoms with Crippen LogP contribution in [0.2, 0.25) is 0 Å². The van der Waals surface area contributed by atoms with Gasteiger partial charge in [-0.05, 0) is 12.3 Å². The molecule has 0 radical (unpaired) electrons. The van der Waals surface area contributed by atoms with E-state index in [4.69, 9.17) is 11.6 Å². The fourth-order valence-corrected chi connectivity index (χ4v) is 3.36. The summed E-state index contributed by atoms with van der Waals surface area (Å²) in [6.45, 7) is 2.97. The van der Waals surface area contributed by atoms with E-state index in [0.29, 0.717) is 19.0 Å². The molecule has 1 rings (SSSR count). The largest absolute Gasteiger partial charge is 0.214 e. The topological polar surface area (TPSA) is 37.4 Å². The zero-order valence-electron chi connectivity index (χ0n) is 8.32. The van der Waals surface area contributed by atoms with Gasteiger partial charge < -0.3 is 0 Å². The predicted molar refractivity (Wildman–Crippen MR) is 59.0 cm³/mol. The third-order valence-electron chi connectivity index (χ3n) is 2.17. The van der Waals surface area contributed by atoms with E-state index in [9.17, 15) is 8.42 Å². The van der Waals surface area contributed by atoms with Crippen molar-refractivity contribution in [2.24, 2.45) is 5.92 Å². The van der Waals surface area contributed by atoms with Gasteiger partial charge in [-0.25, -0.2) is 8.42 Å². The molecule has 82 valence electrons. The molecule has 5 heteroatoms. The third-order valence-corrected chi connectivity index (χ3v) is 4.81. The minimum absolute atomic E-state index is 0.0209. The highest BCUT2D eigenvalue weighted by atomic mass is 35.5. The van der Waals surface area contributed by atoms with E-state index in [1.807, 2.05) is 19.1 Å². The van der Waals surface area contributed by atoms with Crippen molar-refractivity contribution in [1.29, 1.82) is 0 Å². The van der Waals surface area contributed by atoms with Crippen LogP contribution < -0.4 is 0 Å². The van der Waals surface area contributed by atoms with Gasteiger partial charge in [-0.15, -0.1) is 11.6 Å². The molecule has 1 aliphatic rings. The Bertz CT molecular complexity index is 300. The normalized spacial score (nSPS) is 21.0. The Morgan fingerprint density at radius 1 is 1.50 bits per heavy atom. The summed E-state index contributed by atoms with van der Waals surface area (Å²) < 4.78 is 25.1. The molecular formula is C9H16ClNO2S. The summed E-state index contributed by atoms with van der Waals surface area (Å²) in [6, 6.07) is 0. The fourth-order valence-electron chi connectivity index (χ4n) is 1.38. The Balaban J connectivity index is 2.60. The lowest BCUT2D eigenvalue weighted by Crippen LogP contribution is -2.37. The van der Waals surface area contributed by atoms with Gasteiger partial charge in [0.1, 0.15) is 0 Å². The van der Waals surface area contributed by atoms with Crippen molar-refractivity contribution >= 4 is 21.6 Å². The van der Waals surface area contributed by atoms with E-state index < -0.39 is 10.0 Å². The summed E-state index contributed by atoms with van der Waals surface area (Å²) in [7, 11) is -3.10. The standard InChI is InChI=1S/C9H16ClNO2S/c1-9(7-10)8-14(12,13)11-5-3-2-4-6-11/h2-3,9H,4-8H2,1H3. The summed E-state index contributed by atoms with van der Waals surface area (Å²) in [5.74, 6) is 0.570. The molecule has 1 unspecified atom stereocenters. The van der Waals surface area contributed by atoms with Gasteiger partial charge in [0.25, 0.3) is 0 Å². The molecule has 1 aliphatic heterocycles. The fraction of sp³-hybridized carbons (Fsp3) is 0.778. The minimum Gasteiger partial charge on any atom is -0.212 e. The van der Waals surface area contributed by atoms with E-state index in [0.717, 1.165) is 6.42 Å². The zero-order valence-corrected chi connectivity index (χ0v) is 9.89. The van der Waals surface area contributed by atoms with E-state index in [-0.39, 0.29) is 11.7 Å². The van der Waals surface area contributed by atoms with Crippen molar-refractivity contribution in [3.63, 3.8) is 0 Å². The maximum absolute atomic E-state index is 11.8. The van der Waals surface area contributed by atoms with Gasteiger partial charge in [0.15, 0.2) is 0 Å². The smallest absolute Gasteiger partial charge is 0.212 e. The average Bonchev–Trinajstić information content (AvgIpc) is 2.18. The number of nitrogens with zero attached hydrogens (tertiary/aromatic N) is 1. The van der Waals surface area contributed by atoms with Crippen molar-refractivity contribution in [2.75, 3.05) is 24.7 Å². The zero-order chi connectivity index (χ0) is 10.6.